The standard InChI is InChI=1S/C20H26N6O3/c1-20(2,3)29-19(27)23-13-9-12(10-13)22-18-21-11-16-17(24-18)26(25-16)14-5-7-15(28-4)8-6-14/h5-8,11-13,25H,9-10H2,1-4H3,(H,23,27)(H,21,22,24). The van der Waals surface area contributed by atoms with Crippen molar-refractivity contribution in [3.63, 3.8) is 0 Å². The number of ether oxygens (including phenoxy) is 2. The molecular formula is C20H26N6O3. The molecule has 154 valence electrons. The van der Waals surface area contributed by atoms with Gasteiger partial charge in [0.25, 0.3) is 0 Å². The minimum Gasteiger partial charge on any atom is -0.497 e. The lowest BCUT2D eigenvalue weighted by molar-refractivity contribution is 0.0475. The van der Waals surface area contributed by atoms with E-state index < -0.39 is 5.60 Å². The first-order valence-corrected chi connectivity index (χ1v) is 9.64. The number of anilines is 1. The summed E-state index contributed by atoms with van der Waals surface area (Å²) >= 11 is 0. The van der Waals surface area contributed by atoms with Gasteiger partial charge in [-0.15, -0.1) is 0 Å². The first-order valence-electron chi connectivity index (χ1n) is 9.64. The zero-order valence-electron chi connectivity index (χ0n) is 17.0. The Morgan fingerprint density at radius 2 is 1.93 bits per heavy atom. The molecule has 1 aromatic carbocycles. The van der Waals surface area contributed by atoms with Crippen LogP contribution < -0.4 is 15.4 Å². The number of benzene rings is 1. The summed E-state index contributed by atoms with van der Waals surface area (Å²) in [5.74, 6) is 1.38. The molecule has 0 bridgehead atoms. The van der Waals surface area contributed by atoms with Crippen LogP contribution in [0.25, 0.3) is 16.9 Å². The number of carbonyl (C=O) groups excluding carboxylic acids is 1. The lowest BCUT2D eigenvalue weighted by atomic mass is 9.87. The van der Waals surface area contributed by atoms with Crippen LogP contribution in [0, 0.1) is 0 Å². The van der Waals surface area contributed by atoms with Crippen LogP contribution in [0.5, 0.6) is 5.75 Å². The van der Waals surface area contributed by atoms with Crippen LogP contribution >= 0.6 is 0 Å². The number of hydrogen-bond acceptors (Lipinski definition) is 6. The molecule has 1 fully saturated rings. The zero-order chi connectivity index (χ0) is 20.6. The van der Waals surface area contributed by atoms with Gasteiger partial charge in [-0.25, -0.2) is 14.5 Å². The van der Waals surface area contributed by atoms with Crippen molar-refractivity contribution in [3.05, 3.63) is 30.5 Å². The number of methoxy groups -OCH3 is 1. The fourth-order valence-electron chi connectivity index (χ4n) is 3.24. The Morgan fingerprint density at radius 3 is 2.59 bits per heavy atom. The van der Waals surface area contributed by atoms with E-state index in [1.54, 1.807) is 13.3 Å². The summed E-state index contributed by atoms with van der Waals surface area (Å²) in [6, 6.07) is 8.05. The average Bonchev–Trinajstić information content (AvgIpc) is 2.61. The van der Waals surface area contributed by atoms with Crippen molar-refractivity contribution in [1.82, 2.24) is 25.1 Å². The summed E-state index contributed by atoms with van der Waals surface area (Å²) in [5.41, 5.74) is 2.17. The van der Waals surface area contributed by atoms with Gasteiger partial charge in [-0.05, 0) is 57.9 Å². The maximum atomic E-state index is 11.8. The normalized spacial score (nSPS) is 18.9. The van der Waals surface area contributed by atoms with Gasteiger partial charge in [0.1, 0.15) is 16.9 Å². The molecule has 0 radical (unpaired) electrons. The molecule has 1 saturated carbocycles. The predicted molar refractivity (Wildman–Crippen MR) is 110 cm³/mol. The highest BCUT2D eigenvalue weighted by Gasteiger charge is 2.32. The lowest BCUT2D eigenvalue weighted by Crippen LogP contribution is -2.50. The third-order valence-electron chi connectivity index (χ3n) is 4.74. The van der Waals surface area contributed by atoms with E-state index in [1.807, 2.05) is 49.7 Å². The van der Waals surface area contributed by atoms with Crippen LogP contribution in [0.4, 0.5) is 10.7 Å². The number of alkyl carbamates (subject to hydrolysis) is 1. The van der Waals surface area contributed by atoms with Gasteiger partial charge in [-0.2, -0.15) is 4.98 Å². The van der Waals surface area contributed by atoms with Gasteiger partial charge in [-0.1, -0.05) is 0 Å². The lowest BCUT2D eigenvalue weighted by Gasteiger charge is -2.36. The van der Waals surface area contributed by atoms with E-state index in [2.05, 4.69) is 25.7 Å². The van der Waals surface area contributed by atoms with Gasteiger partial charge in [-0.3, -0.25) is 5.10 Å². The van der Waals surface area contributed by atoms with Crippen molar-refractivity contribution in [2.75, 3.05) is 12.4 Å². The molecule has 2 aromatic heterocycles. The van der Waals surface area contributed by atoms with E-state index in [-0.39, 0.29) is 18.2 Å². The monoisotopic (exact) mass is 398 g/mol. The quantitative estimate of drug-likeness (QED) is 0.609. The molecule has 4 rings (SSSR count). The Labute approximate surface area is 168 Å². The number of rotatable bonds is 5. The second-order valence-corrected chi connectivity index (χ2v) is 8.23. The molecule has 1 aliphatic rings. The number of nitrogens with one attached hydrogen (secondary N) is 3. The number of amides is 1. The molecule has 29 heavy (non-hydrogen) atoms. The minimum absolute atomic E-state index is 0.103. The molecule has 0 atom stereocenters. The zero-order valence-corrected chi connectivity index (χ0v) is 17.0. The molecule has 3 N–H and O–H groups in total. The average molecular weight is 398 g/mol. The highest BCUT2D eigenvalue weighted by atomic mass is 16.6. The fourth-order valence-corrected chi connectivity index (χ4v) is 3.24. The SMILES string of the molecule is COc1ccc(-n2[nH]c3cnc(NC4CC(NC(=O)OC(C)(C)C)C4)nc32)cc1. The smallest absolute Gasteiger partial charge is 0.407 e. The molecule has 2 heterocycles. The minimum atomic E-state index is -0.491. The van der Waals surface area contributed by atoms with E-state index in [0.717, 1.165) is 35.4 Å². The van der Waals surface area contributed by atoms with Gasteiger partial charge < -0.3 is 20.1 Å². The Bertz CT molecular complexity index is 996. The van der Waals surface area contributed by atoms with Gasteiger partial charge in [0.2, 0.25) is 5.95 Å². The number of H-pyrrole nitrogens is 1. The van der Waals surface area contributed by atoms with Crippen molar-refractivity contribution in [2.24, 2.45) is 0 Å². The summed E-state index contributed by atoms with van der Waals surface area (Å²) in [6.07, 6.45) is 3.00. The van der Waals surface area contributed by atoms with E-state index >= 15 is 0 Å². The van der Waals surface area contributed by atoms with Crippen LogP contribution in [-0.2, 0) is 4.74 Å². The Hall–Kier alpha value is -3.23. The van der Waals surface area contributed by atoms with Crippen LogP contribution in [-0.4, -0.2) is 50.6 Å². The molecule has 0 saturated heterocycles. The summed E-state index contributed by atoms with van der Waals surface area (Å²) in [7, 11) is 1.64. The Kier molecular flexibility index (Phi) is 4.81. The summed E-state index contributed by atoms with van der Waals surface area (Å²) < 4.78 is 12.4. The molecular weight excluding hydrogens is 372 g/mol. The van der Waals surface area contributed by atoms with Crippen LogP contribution in [0.3, 0.4) is 0 Å². The first kappa shape index (κ1) is 19.1. The number of carbonyl (C=O) groups is 1. The van der Waals surface area contributed by atoms with Crippen molar-refractivity contribution < 1.29 is 14.3 Å². The summed E-state index contributed by atoms with van der Waals surface area (Å²) in [4.78, 5) is 20.8. The molecule has 1 amide bonds. The molecule has 9 nitrogen and oxygen atoms in total. The second-order valence-electron chi connectivity index (χ2n) is 8.23. The molecule has 0 aliphatic heterocycles. The van der Waals surface area contributed by atoms with Crippen LogP contribution in [0.2, 0.25) is 0 Å². The van der Waals surface area contributed by atoms with Crippen molar-refractivity contribution in [2.45, 2.75) is 51.3 Å². The van der Waals surface area contributed by atoms with Crippen molar-refractivity contribution in [1.29, 1.82) is 0 Å². The van der Waals surface area contributed by atoms with Crippen molar-refractivity contribution in [3.8, 4) is 11.4 Å². The third-order valence-corrected chi connectivity index (χ3v) is 4.74. The number of hydrogen-bond donors (Lipinski definition) is 3. The molecule has 1 aliphatic carbocycles. The van der Waals surface area contributed by atoms with Crippen molar-refractivity contribution >= 4 is 23.2 Å². The van der Waals surface area contributed by atoms with Gasteiger partial charge in [0.05, 0.1) is 19.0 Å². The topological polar surface area (TPSA) is 106 Å². The molecule has 9 heteroatoms. The van der Waals surface area contributed by atoms with E-state index in [4.69, 9.17) is 9.47 Å². The first-order chi connectivity index (χ1) is 13.8. The number of aromatic nitrogens is 4. The fraction of sp³-hybridized carbons (Fsp3) is 0.450. The van der Waals surface area contributed by atoms with Crippen LogP contribution in [0.1, 0.15) is 33.6 Å². The number of fused-ring (bicyclic) bond motifs is 1. The number of nitrogens with zero attached hydrogens (tertiary/aromatic N) is 3. The number of aromatic amines is 1. The third kappa shape index (κ3) is 4.28. The van der Waals surface area contributed by atoms with E-state index in [9.17, 15) is 4.79 Å². The highest BCUT2D eigenvalue weighted by Crippen LogP contribution is 2.25. The maximum Gasteiger partial charge on any atom is 0.407 e. The Balaban J connectivity index is 1.34. The van der Waals surface area contributed by atoms with E-state index in [1.165, 1.54) is 0 Å². The maximum absolute atomic E-state index is 11.8. The van der Waals surface area contributed by atoms with Crippen LogP contribution in [0.15, 0.2) is 30.5 Å². The highest BCUT2D eigenvalue weighted by molar-refractivity contribution is 5.75. The van der Waals surface area contributed by atoms with Gasteiger partial charge >= 0.3 is 6.09 Å². The van der Waals surface area contributed by atoms with E-state index in [0.29, 0.717) is 5.95 Å². The molecule has 3 aromatic rings. The molecule has 0 spiro atoms. The van der Waals surface area contributed by atoms with Gasteiger partial charge in [0.15, 0.2) is 5.65 Å². The predicted octanol–water partition coefficient (Wildman–Crippen LogP) is 3.22. The van der Waals surface area contributed by atoms with Gasteiger partial charge in [0, 0.05) is 12.1 Å². The summed E-state index contributed by atoms with van der Waals surface area (Å²) in [5, 5.41) is 9.43. The molecule has 0 unspecified atom stereocenters. The summed E-state index contributed by atoms with van der Waals surface area (Å²) in [6.45, 7) is 5.55. The second kappa shape index (κ2) is 7.31. The largest absolute Gasteiger partial charge is 0.497 e. The Morgan fingerprint density at radius 1 is 1.21 bits per heavy atom.